The molecule has 1 amide bonds. The van der Waals surface area contributed by atoms with E-state index >= 15 is 0 Å². The van der Waals surface area contributed by atoms with Crippen molar-refractivity contribution < 1.29 is 9.53 Å². The van der Waals surface area contributed by atoms with E-state index in [1.807, 2.05) is 10.9 Å². The first-order valence-corrected chi connectivity index (χ1v) is 4.91. The molecule has 1 atom stereocenters. The van der Waals surface area contributed by atoms with Gasteiger partial charge in [0.25, 0.3) is 0 Å². The van der Waals surface area contributed by atoms with Gasteiger partial charge < -0.3 is 15.8 Å². The van der Waals surface area contributed by atoms with Crippen molar-refractivity contribution in [3.8, 4) is 0 Å². The lowest BCUT2D eigenvalue weighted by Gasteiger charge is -2.07. The first kappa shape index (κ1) is 9.97. The van der Waals surface area contributed by atoms with Gasteiger partial charge in [-0.15, -0.1) is 0 Å². The molecule has 6 heteroatoms. The first-order chi connectivity index (χ1) is 7.25. The third kappa shape index (κ3) is 2.47. The molecule has 3 N–H and O–H groups in total. The Labute approximate surface area is 87.4 Å². The third-order valence-electron chi connectivity index (χ3n) is 2.44. The second-order valence-corrected chi connectivity index (χ2v) is 3.58. The molecule has 1 aliphatic heterocycles. The average Bonchev–Trinajstić information content (AvgIpc) is 2.85. The summed E-state index contributed by atoms with van der Waals surface area (Å²) in [5.74, 6) is 0. The molecule has 15 heavy (non-hydrogen) atoms. The Bertz CT molecular complexity index is 344. The third-order valence-corrected chi connectivity index (χ3v) is 2.44. The van der Waals surface area contributed by atoms with Gasteiger partial charge >= 0.3 is 6.09 Å². The summed E-state index contributed by atoms with van der Waals surface area (Å²) in [6, 6.07) is 0.410. The molecular weight excluding hydrogens is 196 g/mol. The first-order valence-electron chi connectivity index (χ1n) is 4.91. The van der Waals surface area contributed by atoms with E-state index in [0.717, 1.165) is 25.1 Å². The second kappa shape index (κ2) is 4.31. The lowest BCUT2D eigenvalue weighted by molar-refractivity contribution is 0.150. The number of primary amides is 1. The molecule has 1 aromatic heterocycles. The van der Waals surface area contributed by atoms with Crippen LogP contribution in [0.15, 0.2) is 12.4 Å². The van der Waals surface area contributed by atoms with E-state index in [4.69, 9.17) is 5.73 Å². The molecule has 1 aromatic rings. The number of aromatic nitrogens is 2. The summed E-state index contributed by atoms with van der Waals surface area (Å²) in [4.78, 5) is 10.4. The Morgan fingerprint density at radius 1 is 1.80 bits per heavy atom. The molecule has 2 heterocycles. The minimum atomic E-state index is -0.759. The molecule has 0 radical (unpaired) electrons. The summed E-state index contributed by atoms with van der Waals surface area (Å²) in [6.07, 6.45) is 3.91. The molecule has 82 valence electrons. The number of nitrogens with two attached hydrogens (primary N) is 1. The van der Waals surface area contributed by atoms with Crippen LogP contribution in [0.5, 0.6) is 0 Å². The number of hydrogen-bond donors (Lipinski definition) is 2. The minimum absolute atomic E-state index is 0.190. The smallest absolute Gasteiger partial charge is 0.404 e. The van der Waals surface area contributed by atoms with Crippen LogP contribution in [0.2, 0.25) is 0 Å². The molecule has 0 aliphatic carbocycles. The Hall–Kier alpha value is -1.56. The molecule has 0 spiro atoms. The van der Waals surface area contributed by atoms with Gasteiger partial charge in [0.05, 0.1) is 12.2 Å². The van der Waals surface area contributed by atoms with Crippen LogP contribution < -0.4 is 11.1 Å². The Kier molecular flexibility index (Phi) is 2.86. The van der Waals surface area contributed by atoms with E-state index in [1.165, 1.54) is 0 Å². The van der Waals surface area contributed by atoms with E-state index in [0.29, 0.717) is 6.04 Å². The molecule has 6 nitrogen and oxygen atoms in total. The van der Waals surface area contributed by atoms with Crippen LogP contribution >= 0.6 is 0 Å². The predicted octanol–water partition coefficient (Wildman–Crippen LogP) is 0.0128. The van der Waals surface area contributed by atoms with Crippen molar-refractivity contribution in [2.45, 2.75) is 19.1 Å². The highest BCUT2D eigenvalue weighted by atomic mass is 16.5. The zero-order chi connectivity index (χ0) is 10.7. The van der Waals surface area contributed by atoms with Gasteiger partial charge in [0.15, 0.2) is 0 Å². The predicted molar refractivity (Wildman–Crippen MR) is 53.1 cm³/mol. The van der Waals surface area contributed by atoms with Gasteiger partial charge in [-0.2, -0.15) is 5.10 Å². The number of nitrogens with one attached hydrogen (secondary N) is 1. The topological polar surface area (TPSA) is 82.2 Å². The van der Waals surface area contributed by atoms with E-state index in [2.05, 4.69) is 15.2 Å². The van der Waals surface area contributed by atoms with Crippen molar-refractivity contribution >= 4 is 6.09 Å². The van der Waals surface area contributed by atoms with Crippen LogP contribution in [-0.2, 0) is 11.3 Å². The summed E-state index contributed by atoms with van der Waals surface area (Å²) in [5, 5.41) is 7.48. The minimum Gasteiger partial charge on any atom is -0.445 e. The van der Waals surface area contributed by atoms with Gasteiger partial charge in [0.2, 0.25) is 0 Å². The highest BCUT2D eigenvalue weighted by molar-refractivity contribution is 5.64. The number of ether oxygens (including phenoxy) is 1. The van der Waals surface area contributed by atoms with Crippen LogP contribution in [0, 0.1) is 0 Å². The maximum Gasteiger partial charge on any atom is 0.404 e. The highest BCUT2D eigenvalue weighted by Gasteiger charge is 2.16. The molecule has 1 fully saturated rings. The SMILES string of the molecule is NC(=O)OCc1cnn([C@@H]2CCNC2)c1. The highest BCUT2D eigenvalue weighted by Crippen LogP contribution is 2.14. The average molecular weight is 210 g/mol. The molecule has 1 aliphatic rings. The molecule has 0 bridgehead atoms. The normalized spacial score (nSPS) is 20.4. The molecular formula is C9H14N4O2. The van der Waals surface area contributed by atoms with Crippen LogP contribution in [-0.4, -0.2) is 29.0 Å². The van der Waals surface area contributed by atoms with Crippen molar-refractivity contribution in [1.82, 2.24) is 15.1 Å². The summed E-state index contributed by atoms with van der Waals surface area (Å²) in [5.41, 5.74) is 5.73. The Morgan fingerprint density at radius 2 is 2.67 bits per heavy atom. The number of amides is 1. The van der Waals surface area contributed by atoms with Crippen LogP contribution in [0.25, 0.3) is 0 Å². The van der Waals surface area contributed by atoms with Crippen LogP contribution in [0.1, 0.15) is 18.0 Å². The van der Waals surface area contributed by atoms with Gasteiger partial charge in [0, 0.05) is 18.3 Å². The van der Waals surface area contributed by atoms with Gasteiger partial charge in [-0.25, -0.2) is 4.79 Å². The van der Waals surface area contributed by atoms with Crippen molar-refractivity contribution in [2.24, 2.45) is 5.73 Å². The van der Waals surface area contributed by atoms with Crippen molar-refractivity contribution in [3.05, 3.63) is 18.0 Å². The number of carbonyl (C=O) groups excluding carboxylic acids is 1. The lowest BCUT2D eigenvalue weighted by atomic mass is 10.3. The van der Waals surface area contributed by atoms with Gasteiger partial charge in [-0.3, -0.25) is 4.68 Å². The molecule has 2 rings (SSSR count). The summed E-state index contributed by atoms with van der Waals surface area (Å²) in [7, 11) is 0. The fourth-order valence-electron chi connectivity index (χ4n) is 1.67. The molecule has 1 saturated heterocycles. The summed E-state index contributed by atoms with van der Waals surface area (Å²) < 4.78 is 6.58. The van der Waals surface area contributed by atoms with Crippen LogP contribution in [0.4, 0.5) is 4.79 Å². The number of nitrogens with zero attached hydrogens (tertiary/aromatic N) is 2. The number of carbonyl (C=O) groups is 1. The number of rotatable bonds is 3. The zero-order valence-corrected chi connectivity index (χ0v) is 8.35. The van der Waals surface area contributed by atoms with Crippen molar-refractivity contribution in [1.29, 1.82) is 0 Å². The van der Waals surface area contributed by atoms with E-state index in [9.17, 15) is 4.79 Å². The maximum atomic E-state index is 10.4. The van der Waals surface area contributed by atoms with E-state index in [1.54, 1.807) is 6.20 Å². The second-order valence-electron chi connectivity index (χ2n) is 3.58. The largest absolute Gasteiger partial charge is 0.445 e. The number of hydrogen-bond acceptors (Lipinski definition) is 4. The van der Waals surface area contributed by atoms with Gasteiger partial charge in [-0.05, 0) is 13.0 Å². The summed E-state index contributed by atoms with van der Waals surface area (Å²) in [6.45, 7) is 2.16. The lowest BCUT2D eigenvalue weighted by Crippen LogP contribution is -2.14. The maximum absolute atomic E-state index is 10.4. The quantitative estimate of drug-likeness (QED) is 0.736. The van der Waals surface area contributed by atoms with Gasteiger partial charge in [0.1, 0.15) is 6.61 Å². The zero-order valence-electron chi connectivity index (χ0n) is 8.35. The molecule has 0 aromatic carbocycles. The fourth-order valence-corrected chi connectivity index (χ4v) is 1.67. The summed E-state index contributed by atoms with van der Waals surface area (Å²) >= 11 is 0. The van der Waals surface area contributed by atoms with Crippen molar-refractivity contribution in [3.63, 3.8) is 0 Å². The van der Waals surface area contributed by atoms with E-state index in [-0.39, 0.29) is 6.61 Å². The Morgan fingerprint density at radius 3 is 3.33 bits per heavy atom. The standard InChI is InChI=1S/C9H14N4O2/c10-9(14)15-6-7-3-12-13(5-7)8-1-2-11-4-8/h3,5,8,11H,1-2,4,6H2,(H2,10,14)/t8-/m1/s1. The fraction of sp³-hybridized carbons (Fsp3) is 0.556. The van der Waals surface area contributed by atoms with Crippen LogP contribution in [0.3, 0.4) is 0 Å². The molecule has 0 unspecified atom stereocenters. The van der Waals surface area contributed by atoms with E-state index < -0.39 is 6.09 Å². The molecule has 0 saturated carbocycles. The Balaban J connectivity index is 1.94. The monoisotopic (exact) mass is 210 g/mol. The van der Waals surface area contributed by atoms with Crippen molar-refractivity contribution in [2.75, 3.05) is 13.1 Å². The van der Waals surface area contributed by atoms with Gasteiger partial charge in [-0.1, -0.05) is 0 Å².